The Morgan fingerprint density at radius 3 is 2.58 bits per heavy atom. The van der Waals surface area contributed by atoms with Gasteiger partial charge in [0.15, 0.2) is 0 Å². The first kappa shape index (κ1) is 16.8. The van der Waals surface area contributed by atoms with Crippen molar-refractivity contribution in [1.29, 1.82) is 0 Å². The molecule has 2 fully saturated rings. The van der Waals surface area contributed by atoms with E-state index in [1.807, 2.05) is 0 Å². The van der Waals surface area contributed by atoms with E-state index in [2.05, 4.69) is 5.32 Å². The lowest BCUT2D eigenvalue weighted by molar-refractivity contribution is -0.131. The Labute approximate surface area is 139 Å². The SMILES string of the molecule is O=C(NCc1c(F)cccc1F)C1CC(=O)N(C2CCOCC2)C1. The minimum absolute atomic E-state index is 0.0425. The van der Waals surface area contributed by atoms with Gasteiger partial charge in [0.25, 0.3) is 0 Å². The van der Waals surface area contributed by atoms with Gasteiger partial charge in [-0.2, -0.15) is 0 Å². The quantitative estimate of drug-likeness (QED) is 0.907. The first-order valence-electron chi connectivity index (χ1n) is 8.14. The normalized spacial score (nSPS) is 22.0. The minimum atomic E-state index is -0.693. The fourth-order valence-electron chi connectivity index (χ4n) is 3.28. The number of carbonyl (C=O) groups excluding carboxylic acids is 2. The van der Waals surface area contributed by atoms with Crippen LogP contribution in [-0.2, 0) is 20.9 Å². The molecule has 2 saturated heterocycles. The van der Waals surface area contributed by atoms with Crippen LogP contribution in [0, 0.1) is 17.6 Å². The monoisotopic (exact) mass is 338 g/mol. The highest BCUT2D eigenvalue weighted by atomic mass is 19.1. The number of hydrogen-bond acceptors (Lipinski definition) is 3. The van der Waals surface area contributed by atoms with E-state index in [4.69, 9.17) is 4.74 Å². The molecule has 2 aliphatic rings. The highest BCUT2D eigenvalue weighted by Gasteiger charge is 2.38. The van der Waals surface area contributed by atoms with Gasteiger partial charge >= 0.3 is 0 Å². The van der Waals surface area contributed by atoms with Gasteiger partial charge in [-0.25, -0.2) is 8.78 Å². The largest absolute Gasteiger partial charge is 0.381 e. The number of hydrogen-bond donors (Lipinski definition) is 1. The minimum Gasteiger partial charge on any atom is -0.381 e. The second-order valence-electron chi connectivity index (χ2n) is 6.21. The van der Waals surface area contributed by atoms with E-state index in [1.165, 1.54) is 6.07 Å². The lowest BCUT2D eigenvalue weighted by Crippen LogP contribution is -2.41. The third-order valence-corrected chi connectivity index (χ3v) is 4.66. The van der Waals surface area contributed by atoms with Crippen LogP contribution in [0.3, 0.4) is 0 Å². The standard InChI is InChI=1S/C17H20F2N2O3/c18-14-2-1-3-15(19)13(14)9-20-17(23)11-8-16(22)21(10-11)12-4-6-24-7-5-12/h1-3,11-12H,4-10H2,(H,20,23). The van der Waals surface area contributed by atoms with Gasteiger partial charge in [-0.05, 0) is 25.0 Å². The first-order chi connectivity index (χ1) is 11.6. The van der Waals surface area contributed by atoms with E-state index in [-0.39, 0.29) is 36.4 Å². The number of carbonyl (C=O) groups is 2. The molecule has 7 heteroatoms. The number of ether oxygens (including phenoxy) is 1. The molecule has 0 aliphatic carbocycles. The smallest absolute Gasteiger partial charge is 0.225 e. The van der Waals surface area contributed by atoms with E-state index in [0.717, 1.165) is 25.0 Å². The summed E-state index contributed by atoms with van der Waals surface area (Å²) in [5, 5.41) is 2.54. The molecule has 0 spiro atoms. The molecule has 0 bridgehead atoms. The predicted molar refractivity (Wildman–Crippen MR) is 81.9 cm³/mol. The summed E-state index contributed by atoms with van der Waals surface area (Å²) >= 11 is 0. The second kappa shape index (κ2) is 7.25. The number of halogens is 2. The Morgan fingerprint density at radius 1 is 1.25 bits per heavy atom. The van der Waals surface area contributed by atoms with Gasteiger partial charge in [-0.1, -0.05) is 6.07 Å². The third kappa shape index (κ3) is 3.56. The summed E-state index contributed by atoms with van der Waals surface area (Å²) < 4.78 is 32.4. The molecule has 130 valence electrons. The van der Waals surface area contributed by atoms with Crippen LogP contribution in [0.2, 0.25) is 0 Å². The molecule has 2 heterocycles. The lowest BCUT2D eigenvalue weighted by atomic mass is 10.1. The molecule has 1 atom stereocenters. The number of nitrogens with one attached hydrogen (secondary N) is 1. The highest BCUT2D eigenvalue weighted by molar-refractivity contribution is 5.89. The first-order valence-corrected chi connectivity index (χ1v) is 8.14. The van der Waals surface area contributed by atoms with Gasteiger partial charge in [0, 0.05) is 44.3 Å². The van der Waals surface area contributed by atoms with Crippen molar-refractivity contribution in [3.05, 3.63) is 35.4 Å². The van der Waals surface area contributed by atoms with Gasteiger partial charge in [-0.15, -0.1) is 0 Å². The van der Waals surface area contributed by atoms with Crippen molar-refractivity contribution >= 4 is 11.8 Å². The molecule has 2 amide bonds. The van der Waals surface area contributed by atoms with Crippen molar-refractivity contribution in [3.8, 4) is 0 Å². The number of benzene rings is 1. The molecule has 2 aliphatic heterocycles. The van der Waals surface area contributed by atoms with Crippen LogP contribution < -0.4 is 5.32 Å². The molecule has 0 radical (unpaired) electrons. The molecular weight excluding hydrogens is 318 g/mol. The van der Waals surface area contributed by atoms with Gasteiger partial charge in [0.05, 0.1) is 5.92 Å². The molecule has 1 N–H and O–H groups in total. The molecule has 0 aromatic heterocycles. The van der Waals surface area contributed by atoms with E-state index >= 15 is 0 Å². The Kier molecular flexibility index (Phi) is 5.08. The summed E-state index contributed by atoms with van der Waals surface area (Å²) in [5.74, 6) is -2.25. The zero-order valence-corrected chi connectivity index (χ0v) is 13.3. The van der Waals surface area contributed by atoms with Crippen molar-refractivity contribution in [2.75, 3.05) is 19.8 Å². The summed E-state index contributed by atoms with van der Waals surface area (Å²) in [6, 6.07) is 3.69. The highest BCUT2D eigenvalue weighted by Crippen LogP contribution is 2.25. The summed E-state index contributed by atoms with van der Waals surface area (Å²) in [4.78, 5) is 26.2. The maximum absolute atomic E-state index is 13.6. The zero-order chi connectivity index (χ0) is 17.1. The van der Waals surface area contributed by atoms with Crippen LogP contribution in [0.15, 0.2) is 18.2 Å². The van der Waals surface area contributed by atoms with Crippen LogP contribution in [0.1, 0.15) is 24.8 Å². The molecule has 1 aromatic rings. The summed E-state index contributed by atoms with van der Waals surface area (Å²) in [7, 11) is 0. The fourth-order valence-corrected chi connectivity index (χ4v) is 3.28. The third-order valence-electron chi connectivity index (χ3n) is 4.66. The molecule has 1 aromatic carbocycles. The van der Waals surface area contributed by atoms with Crippen LogP contribution in [0.5, 0.6) is 0 Å². The number of amides is 2. The molecular formula is C17H20F2N2O3. The summed E-state index contributed by atoms with van der Waals surface area (Å²) in [6.07, 6.45) is 1.70. The molecule has 1 unspecified atom stereocenters. The number of likely N-dealkylation sites (tertiary alicyclic amines) is 1. The number of nitrogens with zero attached hydrogens (tertiary/aromatic N) is 1. The van der Waals surface area contributed by atoms with Crippen molar-refractivity contribution in [2.45, 2.75) is 31.8 Å². The molecule has 24 heavy (non-hydrogen) atoms. The Bertz CT molecular complexity index is 612. The van der Waals surface area contributed by atoms with E-state index in [9.17, 15) is 18.4 Å². The van der Waals surface area contributed by atoms with Crippen LogP contribution in [0.25, 0.3) is 0 Å². The molecule has 5 nitrogen and oxygen atoms in total. The topological polar surface area (TPSA) is 58.6 Å². The maximum Gasteiger partial charge on any atom is 0.225 e. The van der Waals surface area contributed by atoms with Gasteiger partial charge in [-0.3, -0.25) is 9.59 Å². The van der Waals surface area contributed by atoms with Gasteiger partial charge in [0.2, 0.25) is 11.8 Å². The average molecular weight is 338 g/mol. The summed E-state index contributed by atoms with van der Waals surface area (Å²) in [6.45, 7) is 1.38. The number of rotatable bonds is 4. The molecule has 3 rings (SSSR count). The fraction of sp³-hybridized carbons (Fsp3) is 0.529. The van der Waals surface area contributed by atoms with Gasteiger partial charge < -0.3 is 15.0 Å². The Balaban J connectivity index is 1.57. The predicted octanol–water partition coefficient (Wildman–Crippen LogP) is 1.61. The Hall–Kier alpha value is -2.02. The van der Waals surface area contributed by atoms with E-state index in [0.29, 0.717) is 19.8 Å². The van der Waals surface area contributed by atoms with Crippen molar-refractivity contribution < 1.29 is 23.1 Å². The van der Waals surface area contributed by atoms with Crippen LogP contribution >= 0.6 is 0 Å². The maximum atomic E-state index is 13.6. The second-order valence-corrected chi connectivity index (χ2v) is 6.21. The van der Waals surface area contributed by atoms with Crippen LogP contribution in [0.4, 0.5) is 8.78 Å². The summed E-state index contributed by atoms with van der Waals surface area (Å²) in [5.41, 5.74) is -0.170. The molecule has 0 saturated carbocycles. The van der Waals surface area contributed by atoms with E-state index < -0.39 is 17.6 Å². The van der Waals surface area contributed by atoms with Crippen molar-refractivity contribution in [1.82, 2.24) is 10.2 Å². The lowest BCUT2D eigenvalue weighted by Gasteiger charge is -2.31. The van der Waals surface area contributed by atoms with Gasteiger partial charge in [0.1, 0.15) is 11.6 Å². The van der Waals surface area contributed by atoms with E-state index in [1.54, 1.807) is 4.90 Å². The van der Waals surface area contributed by atoms with Crippen molar-refractivity contribution in [3.63, 3.8) is 0 Å². The van der Waals surface area contributed by atoms with Crippen molar-refractivity contribution in [2.24, 2.45) is 5.92 Å². The van der Waals surface area contributed by atoms with Crippen LogP contribution in [-0.4, -0.2) is 42.5 Å². The Morgan fingerprint density at radius 2 is 1.92 bits per heavy atom. The zero-order valence-electron chi connectivity index (χ0n) is 13.3. The average Bonchev–Trinajstić information content (AvgIpc) is 2.97.